The van der Waals surface area contributed by atoms with Gasteiger partial charge < -0.3 is 9.84 Å². The van der Waals surface area contributed by atoms with Crippen LogP contribution in [0.4, 0.5) is 0 Å². The second-order valence-electron chi connectivity index (χ2n) is 4.58. The van der Waals surface area contributed by atoms with Crippen LogP contribution in [0.15, 0.2) is 59.7 Å². The normalized spacial score (nSPS) is 11.7. The van der Waals surface area contributed by atoms with Crippen molar-refractivity contribution in [1.82, 2.24) is 5.43 Å². The minimum absolute atomic E-state index is 0.143. The summed E-state index contributed by atoms with van der Waals surface area (Å²) in [5.41, 5.74) is 3.46. The maximum absolute atomic E-state index is 11.9. The van der Waals surface area contributed by atoms with Gasteiger partial charge in [-0.25, -0.2) is 5.43 Å². The van der Waals surface area contributed by atoms with E-state index in [9.17, 15) is 9.90 Å². The van der Waals surface area contributed by atoms with Crippen molar-refractivity contribution in [2.75, 3.05) is 6.61 Å². The first-order valence-corrected chi connectivity index (χ1v) is 6.93. The fourth-order valence-corrected chi connectivity index (χ4v) is 1.85. The number of carbonyl (C=O) groups is 1. The molecule has 1 atom stereocenters. The number of benzene rings is 2. The van der Waals surface area contributed by atoms with Gasteiger partial charge >= 0.3 is 0 Å². The average Bonchev–Trinajstić information content (AvgIpc) is 2.61. The molecule has 5 heteroatoms. The molecule has 2 aromatic carbocycles. The van der Waals surface area contributed by atoms with Gasteiger partial charge in [0.15, 0.2) is 6.10 Å². The van der Waals surface area contributed by atoms with Crippen molar-refractivity contribution in [3.05, 3.63) is 65.7 Å². The highest BCUT2D eigenvalue weighted by atomic mass is 16.5. The Balaban J connectivity index is 1.99. The standard InChI is InChI=1S/C18H16N2O3/c1-2-12-23-16-11-7-6-10-15(16)13-19-20-18(22)17(21)14-8-4-3-5-9-14/h1,3-11,13,17,21H,12H2,(H,20,22)/t17-/m1/s1. The van der Waals surface area contributed by atoms with E-state index in [2.05, 4.69) is 16.4 Å². The van der Waals surface area contributed by atoms with Crippen LogP contribution in [0.2, 0.25) is 0 Å². The predicted octanol–water partition coefficient (Wildman–Crippen LogP) is 1.88. The Morgan fingerprint density at radius 2 is 1.96 bits per heavy atom. The Morgan fingerprint density at radius 3 is 2.70 bits per heavy atom. The number of rotatable bonds is 6. The van der Waals surface area contributed by atoms with Gasteiger partial charge in [-0.3, -0.25) is 4.79 Å². The molecule has 0 spiro atoms. The van der Waals surface area contributed by atoms with Gasteiger partial charge in [0.25, 0.3) is 5.91 Å². The van der Waals surface area contributed by atoms with Crippen LogP contribution in [-0.4, -0.2) is 23.8 Å². The van der Waals surface area contributed by atoms with Gasteiger partial charge in [0, 0.05) is 5.56 Å². The van der Waals surface area contributed by atoms with E-state index in [-0.39, 0.29) is 6.61 Å². The van der Waals surface area contributed by atoms with Crippen molar-refractivity contribution in [2.45, 2.75) is 6.10 Å². The molecule has 2 rings (SSSR count). The number of hydrogen-bond donors (Lipinski definition) is 2. The van der Waals surface area contributed by atoms with E-state index in [0.717, 1.165) is 0 Å². The van der Waals surface area contributed by atoms with Gasteiger partial charge in [-0.15, -0.1) is 6.42 Å². The number of ether oxygens (including phenoxy) is 1. The van der Waals surface area contributed by atoms with Gasteiger partial charge in [-0.1, -0.05) is 48.4 Å². The zero-order valence-electron chi connectivity index (χ0n) is 12.3. The lowest BCUT2D eigenvalue weighted by Gasteiger charge is -2.09. The maximum atomic E-state index is 11.9. The number of aliphatic hydroxyl groups excluding tert-OH is 1. The molecule has 23 heavy (non-hydrogen) atoms. The Kier molecular flexibility index (Phi) is 5.92. The minimum Gasteiger partial charge on any atom is -0.480 e. The van der Waals surface area contributed by atoms with Gasteiger partial charge in [-0.2, -0.15) is 5.10 Å². The van der Waals surface area contributed by atoms with Crippen LogP contribution in [0, 0.1) is 12.3 Å². The van der Waals surface area contributed by atoms with Crippen LogP contribution in [0.3, 0.4) is 0 Å². The number of hydrogen-bond acceptors (Lipinski definition) is 4. The molecular formula is C18H16N2O3. The third-order valence-electron chi connectivity index (χ3n) is 2.97. The van der Waals surface area contributed by atoms with E-state index in [4.69, 9.17) is 11.2 Å². The van der Waals surface area contributed by atoms with Crippen LogP contribution in [0.25, 0.3) is 0 Å². The molecule has 0 aliphatic carbocycles. The molecule has 0 saturated heterocycles. The molecule has 0 unspecified atom stereocenters. The highest BCUT2D eigenvalue weighted by Gasteiger charge is 2.15. The SMILES string of the molecule is C#CCOc1ccccc1C=NNC(=O)[C@H](O)c1ccccc1. The summed E-state index contributed by atoms with van der Waals surface area (Å²) in [5.74, 6) is 2.33. The van der Waals surface area contributed by atoms with Crippen molar-refractivity contribution < 1.29 is 14.6 Å². The lowest BCUT2D eigenvalue weighted by atomic mass is 10.1. The fourth-order valence-electron chi connectivity index (χ4n) is 1.85. The molecule has 0 bridgehead atoms. The van der Waals surface area contributed by atoms with Crippen molar-refractivity contribution in [3.8, 4) is 18.1 Å². The van der Waals surface area contributed by atoms with Crippen LogP contribution in [0.1, 0.15) is 17.2 Å². The molecule has 0 aliphatic rings. The summed E-state index contributed by atoms with van der Waals surface area (Å²) < 4.78 is 5.37. The second kappa shape index (κ2) is 8.37. The summed E-state index contributed by atoms with van der Waals surface area (Å²) in [4.78, 5) is 11.9. The molecule has 0 aromatic heterocycles. The van der Waals surface area contributed by atoms with Gasteiger partial charge in [0.05, 0.1) is 6.21 Å². The number of nitrogens with zero attached hydrogens (tertiary/aromatic N) is 1. The van der Waals surface area contributed by atoms with Gasteiger partial charge in [-0.05, 0) is 17.7 Å². The zero-order valence-corrected chi connectivity index (χ0v) is 12.3. The van der Waals surface area contributed by atoms with E-state index >= 15 is 0 Å². The molecule has 2 N–H and O–H groups in total. The Hall–Kier alpha value is -3.10. The van der Waals surface area contributed by atoms with E-state index in [1.807, 2.05) is 6.07 Å². The second-order valence-corrected chi connectivity index (χ2v) is 4.58. The molecule has 0 radical (unpaired) electrons. The number of aliphatic hydroxyl groups is 1. The number of hydrazone groups is 1. The number of para-hydroxylation sites is 1. The van der Waals surface area contributed by atoms with Crippen molar-refractivity contribution in [3.63, 3.8) is 0 Å². The van der Waals surface area contributed by atoms with Crippen LogP contribution >= 0.6 is 0 Å². The Labute approximate surface area is 134 Å². The summed E-state index contributed by atoms with van der Waals surface area (Å²) in [6.45, 7) is 0.143. The minimum atomic E-state index is -1.28. The quantitative estimate of drug-likeness (QED) is 0.486. The largest absolute Gasteiger partial charge is 0.480 e. The predicted molar refractivity (Wildman–Crippen MR) is 87.9 cm³/mol. The molecule has 0 fully saturated rings. The monoisotopic (exact) mass is 308 g/mol. The number of amides is 1. The van der Waals surface area contributed by atoms with E-state index in [1.54, 1.807) is 48.5 Å². The van der Waals surface area contributed by atoms with Gasteiger partial charge in [0.1, 0.15) is 12.4 Å². The lowest BCUT2D eigenvalue weighted by molar-refractivity contribution is -0.129. The van der Waals surface area contributed by atoms with E-state index in [1.165, 1.54) is 6.21 Å². The van der Waals surface area contributed by atoms with Gasteiger partial charge in [0.2, 0.25) is 0 Å². The summed E-state index contributed by atoms with van der Waals surface area (Å²) in [7, 11) is 0. The molecule has 2 aromatic rings. The topological polar surface area (TPSA) is 70.9 Å². The van der Waals surface area contributed by atoms with Crippen LogP contribution in [0.5, 0.6) is 5.75 Å². The highest BCUT2D eigenvalue weighted by Crippen LogP contribution is 2.15. The van der Waals surface area contributed by atoms with Crippen molar-refractivity contribution >= 4 is 12.1 Å². The maximum Gasteiger partial charge on any atom is 0.273 e. The van der Waals surface area contributed by atoms with Crippen molar-refractivity contribution in [2.24, 2.45) is 5.10 Å². The molecule has 0 heterocycles. The molecule has 1 amide bonds. The first-order valence-electron chi connectivity index (χ1n) is 6.93. The molecule has 116 valence electrons. The summed E-state index contributed by atoms with van der Waals surface area (Å²) in [6.07, 6.45) is 5.32. The van der Waals surface area contributed by atoms with E-state index in [0.29, 0.717) is 16.9 Å². The Morgan fingerprint density at radius 1 is 1.26 bits per heavy atom. The first kappa shape index (κ1) is 16.3. The summed E-state index contributed by atoms with van der Waals surface area (Å²) >= 11 is 0. The summed E-state index contributed by atoms with van der Waals surface area (Å²) in [5, 5.41) is 13.8. The van der Waals surface area contributed by atoms with Crippen molar-refractivity contribution in [1.29, 1.82) is 0 Å². The molecule has 0 saturated carbocycles. The molecule has 0 aliphatic heterocycles. The molecular weight excluding hydrogens is 292 g/mol. The average molecular weight is 308 g/mol. The number of nitrogens with one attached hydrogen (secondary N) is 1. The van der Waals surface area contributed by atoms with Crippen LogP contribution in [-0.2, 0) is 4.79 Å². The molecule has 5 nitrogen and oxygen atoms in total. The Bertz CT molecular complexity index is 721. The third kappa shape index (κ3) is 4.70. The number of carbonyl (C=O) groups excluding carboxylic acids is 1. The number of terminal acetylenes is 1. The zero-order chi connectivity index (χ0) is 16.5. The fraction of sp³-hybridized carbons (Fsp3) is 0.111. The highest BCUT2D eigenvalue weighted by molar-refractivity contribution is 5.86. The smallest absolute Gasteiger partial charge is 0.273 e. The first-order chi connectivity index (χ1) is 11.2. The summed E-state index contributed by atoms with van der Waals surface area (Å²) in [6, 6.07) is 15.8. The van der Waals surface area contributed by atoms with E-state index < -0.39 is 12.0 Å². The van der Waals surface area contributed by atoms with Crippen LogP contribution < -0.4 is 10.2 Å². The lowest BCUT2D eigenvalue weighted by Crippen LogP contribution is -2.25. The third-order valence-corrected chi connectivity index (χ3v) is 2.97.